The van der Waals surface area contributed by atoms with Crippen LogP contribution in [0.4, 0.5) is 0 Å². The van der Waals surface area contributed by atoms with Crippen molar-refractivity contribution in [2.75, 3.05) is 6.61 Å². The Labute approximate surface area is 105 Å². The molecule has 0 N–H and O–H groups in total. The van der Waals surface area contributed by atoms with Crippen molar-refractivity contribution in [1.82, 2.24) is 0 Å². The molecule has 0 saturated carbocycles. The van der Waals surface area contributed by atoms with Crippen LogP contribution in [0.2, 0.25) is 0 Å². The van der Waals surface area contributed by atoms with E-state index in [2.05, 4.69) is 28.1 Å². The smallest absolute Gasteiger partial charge is 0.207 e. The third-order valence-electron chi connectivity index (χ3n) is 2.84. The molecule has 3 heteroatoms. The number of hydrogen-bond donors (Lipinski definition) is 0. The van der Waals surface area contributed by atoms with E-state index in [-0.39, 0.29) is 0 Å². The van der Waals surface area contributed by atoms with Crippen LogP contribution in [-0.4, -0.2) is 12.4 Å². The second-order valence-corrected chi connectivity index (χ2v) is 4.88. The maximum atomic E-state index is 5.90. The third kappa shape index (κ3) is 2.98. The van der Waals surface area contributed by atoms with Crippen LogP contribution in [0.15, 0.2) is 24.3 Å². The fraction of sp³-hybridized carbons (Fsp3) is 0.538. The standard InChI is InChI=1S/C13H17BrO2/c1-13(8-2-3-9-15-13)16-12-6-4-11(10-14)5-7-12/h4-7H,2-3,8-10H2,1H3. The Morgan fingerprint density at radius 2 is 2.06 bits per heavy atom. The maximum Gasteiger partial charge on any atom is 0.207 e. The fourth-order valence-electron chi connectivity index (χ4n) is 1.88. The largest absolute Gasteiger partial charge is 0.463 e. The van der Waals surface area contributed by atoms with Crippen LogP contribution in [-0.2, 0) is 10.1 Å². The quantitative estimate of drug-likeness (QED) is 0.785. The third-order valence-corrected chi connectivity index (χ3v) is 3.49. The summed E-state index contributed by atoms with van der Waals surface area (Å²) in [5, 5.41) is 0.876. The molecule has 1 aliphatic rings. The number of halogens is 1. The summed E-state index contributed by atoms with van der Waals surface area (Å²) in [5.74, 6) is 0.447. The minimum absolute atomic E-state index is 0.436. The van der Waals surface area contributed by atoms with Crippen molar-refractivity contribution in [1.29, 1.82) is 0 Å². The minimum atomic E-state index is -0.436. The van der Waals surface area contributed by atoms with Crippen LogP contribution in [0.3, 0.4) is 0 Å². The van der Waals surface area contributed by atoms with E-state index >= 15 is 0 Å². The second kappa shape index (κ2) is 5.19. The van der Waals surface area contributed by atoms with E-state index in [1.54, 1.807) is 0 Å². The number of hydrogen-bond acceptors (Lipinski definition) is 2. The first-order valence-electron chi connectivity index (χ1n) is 5.70. The normalized spacial score (nSPS) is 25.4. The summed E-state index contributed by atoms with van der Waals surface area (Å²) in [5.41, 5.74) is 1.25. The van der Waals surface area contributed by atoms with Crippen LogP contribution in [0, 0.1) is 0 Å². The molecule has 1 heterocycles. The van der Waals surface area contributed by atoms with Crippen LogP contribution in [0.1, 0.15) is 31.7 Å². The van der Waals surface area contributed by atoms with Gasteiger partial charge in [0.05, 0.1) is 6.61 Å². The lowest BCUT2D eigenvalue weighted by Crippen LogP contribution is -2.38. The van der Waals surface area contributed by atoms with Crippen molar-refractivity contribution in [2.24, 2.45) is 0 Å². The molecule has 1 aromatic rings. The molecule has 1 unspecified atom stereocenters. The number of rotatable bonds is 3. The topological polar surface area (TPSA) is 18.5 Å². The summed E-state index contributed by atoms with van der Waals surface area (Å²) in [7, 11) is 0. The van der Waals surface area contributed by atoms with Crippen molar-refractivity contribution in [3.63, 3.8) is 0 Å². The molecule has 1 saturated heterocycles. The predicted octanol–water partition coefficient (Wildman–Crippen LogP) is 3.88. The second-order valence-electron chi connectivity index (χ2n) is 4.32. The van der Waals surface area contributed by atoms with Crippen molar-refractivity contribution < 1.29 is 9.47 Å². The Morgan fingerprint density at radius 3 is 2.62 bits per heavy atom. The summed E-state index contributed by atoms with van der Waals surface area (Å²) in [4.78, 5) is 0. The maximum absolute atomic E-state index is 5.90. The molecule has 1 fully saturated rings. The van der Waals surface area contributed by atoms with Crippen LogP contribution < -0.4 is 4.74 Å². The average Bonchev–Trinajstić information content (AvgIpc) is 2.30. The van der Waals surface area contributed by atoms with Gasteiger partial charge in [0.1, 0.15) is 5.75 Å². The lowest BCUT2D eigenvalue weighted by molar-refractivity contribution is -0.192. The van der Waals surface area contributed by atoms with E-state index in [0.29, 0.717) is 0 Å². The molecule has 0 spiro atoms. The van der Waals surface area contributed by atoms with Crippen molar-refractivity contribution in [3.8, 4) is 5.75 Å². The minimum Gasteiger partial charge on any atom is -0.463 e. The zero-order valence-electron chi connectivity index (χ0n) is 9.54. The summed E-state index contributed by atoms with van der Waals surface area (Å²) >= 11 is 3.43. The van der Waals surface area contributed by atoms with Gasteiger partial charge in [-0.3, -0.25) is 0 Å². The average molecular weight is 285 g/mol. The lowest BCUT2D eigenvalue weighted by atomic mass is 10.1. The highest BCUT2D eigenvalue weighted by molar-refractivity contribution is 9.08. The SMILES string of the molecule is CC1(Oc2ccc(CBr)cc2)CCCCO1. The van der Waals surface area contributed by atoms with Gasteiger partial charge in [-0.2, -0.15) is 0 Å². The zero-order valence-corrected chi connectivity index (χ0v) is 11.1. The molecule has 2 rings (SSSR count). The Kier molecular flexibility index (Phi) is 3.87. The van der Waals surface area contributed by atoms with Gasteiger partial charge in [-0.05, 0) is 30.5 Å². The molecule has 0 aliphatic carbocycles. The van der Waals surface area contributed by atoms with E-state index in [1.807, 2.05) is 19.1 Å². The highest BCUT2D eigenvalue weighted by atomic mass is 79.9. The molecule has 88 valence electrons. The molecular weight excluding hydrogens is 268 g/mol. The summed E-state index contributed by atoms with van der Waals surface area (Å²) in [6, 6.07) is 8.13. The first-order valence-corrected chi connectivity index (χ1v) is 6.82. The molecule has 1 aliphatic heterocycles. The van der Waals surface area contributed by atoms with Gasteiger partial charge in [0, 0.05) is 18.7 Å². The van der Waals surface area contributed by atoms with Gasteiger partial charge in [0.25, 0.3) is 0 Å². The van der Waals surface area contributed by atoms with Gasteiger partial charge in [-0.15, -0.1) is 0 Å². The molecule has 1 aromatic carbocycles. The first kappa shape index (κ1) is 11.9. The monoisotopic (exact) mass is 284 g/mol. The van der Waals surface area contributed by atoms with Crippen molar-refractivity contribution in [2.45, 2.75) is 37.3 Å². The summed E-state index contributed by atoms with van der Waals surface area (Å²) in [6.45, 7) is 2.82. The Balaban J connectivity index is 2.01. The van der Waals surface area contributed by atoms with E-state index in [9.17, 15) is 0 Å². The summed E-state index contributed by atoms with van der Waals surface area (Å²) < 4.78 is 11.6. The van der Waals surface area contributed by atoms with E-state index in [4.69, 9.17) is 9.47 Å². The fourth-order valence-corrected chi connectivity index (χ4v) is 2.26. The van der Waals surface area contributed by atoms with Crippen LogP contribution in [0.5, 0.6) is 5.75 Å². The van der Waals surface area contributed by atoms with Crippen LogP contribution in [0.25, 0.3) is 0 Å². The highest BCUT2D eigenvalue weighted by Crippen LogP contribution is 2.28. The van der Waals surface area contributed by atoms with Gasteiger partial charge >= 0.3 is 0 Å². The molecular formula is C13H17BrO2. The zero-order chi connectivity index (χ0) is 11.4. The van der Waals surface area contributed by atoms with Crippen molar-refractivity contribution >= 4 is 15.9 Å². The molecule has 2 nitrogen and oxygen atoms in total. The molecule has 1 atom stereocenters. The Hall–Kier alpha value is -0.540. The predicted molar refractivity (Wildman–Crippen MR) is 67.9 cm³/mol. The van der Waals surface area contributed by atoms with Gasteiger partial charge in [-0.25, -0.2) is 0 Å². The highest BCUT2D eigenvalue weighted by Gasteiger charge is 2.29. The molecule has 0 amide bonds. The first-order chi connectivity index (χ1) is 7.72. The Bertz CT molecular complexity index is 328. The van der Waals surface area contributed by atoms with Gasteiger partial charge < -0.3 is 9.47 Å². The molecule has 16 heavy (non-hydrogen) atoms. The summed E-state index contributed by atoms with van der Waals surface area (Å²) in [6.07, 6.45) is 3.28. The lowest BCUT2D eigenvalue weighted by Gasteiger charge is -2.34. The van der Waals surface area contributed by atoms with Gasteiger partial charge in [0.2, 0.25) is 5.79 Å². The van der Waals surface area contributed by atoms with Crippen LogP contribution >= 0.6 is 15.9 Å². The van der Waals surface area contributed by atoms with E-state index < -0.39 is 5.79 Å². The Morgan fingerprint density at radius 1 is 1.31 bits per heavy atom. The number of ether oxygens (including phenoxy) is 2. The van der Waals surface area contributed by atoms with Crippen molar-refractivity contribution in [3.05, 3.63) is 29.8 Å². The van der Waals surface area contributed by atoms with E-state index in [1.165, 1.54) is 12.0 Å². The molecule has 0 aromatic heterocycles. The van der Waals surface area contributed by atoms with E-state index in [0.717, 1.165) is 30.5 Å². The van der Waals surface area contributed by atoms with Gasteiger partial charge in [-0.1, -0.05) is 28.1 Å². The number of benzene rings is 1. The molecule has 0 radical (unpaired) electrons. The number of alkyl halides is 1. The van der Waals surface area contributed by atoms with Gasteiger partial charge in [0.15, 0.2) is 0 Å². The molecule has 0 bridgehead atoms.